The van der Waals surface area contributed by atoms with Gasteiger partial charge in [0.15, 0.2) is 11.4 Å². The van der Waals surface area contributed by atoms with Crippen molar-refractivity contribution < 1.29 is 44.9 Å². The Bertz CT molecular complexity index is 1520. The molecule has 1 amide bonds. The predicted octanol–water partition coefficient (Wildman–Crippen LogP) is 0.229. The summed E-state index contributed by atoms with van der Waals surface area (Å²) in [4.78, 5) is 31.7. The van der Waals surface area contributed by atoms with Crippen LogP contribution < -0.4 is 11.5 Å². The number of fused-ring (bicyclic) bond motifs is 5. The molecule has 1 saturated carbocycles. The van der Waals surface area contributed by atoms with Gasteiger partial charge in [0.05, 0.1) is 17.3 Å². The molecule has 11 nitrogen and oxygen atoms in total. The second kappa shape index (κ2) is 8.33. The third-order valence-electron chi connectivity index (χ3n) is 8.54. The standard InChI is InChI=1S/C27H27FN4O7/c1-32(2)19-13-7-11-5-10-6-12(9-3-4-14(28)31-8-9)18(29)21(34)15(10)20(33)16(11)24(36)27(13,38)25-23(39-25)17(22(19)35)26(30)37/h3-4,6,8,11,13,19,23,25,33-35,38H,5,7,29H2,1-2H3,(H2,30,37)/p+1. The number of aliphatic hydroxyl groups excluding tert-OH is 2. The fourth-order valence-corrected chi connectivity index (χ4v) is 6.78. The zero-order chi connectivity index (χ0) is 28.1. The zero-order valence-electron chi connectivity index (χ0n) is 21.2. The van der Waals surface area contributed by atoms with Crippen LogP contribution in [0.3, 0.4) is 0 Å². The normalized spacial score (nSPS) is 31.3. The number of quaternary nitrogens is 1. The van der Waals surface area contributed by atoms with Gasteiger partial charge in [0.2, 0.25) is 5.95 Å². The third kappa shape index (κ3) is 3.39. The number of nitrogen functional groups attached to an aromatic ring is 1. The number of carbonyl (C=O) groups is 2. The molecule has 0 bridgehead atoms. The fraction of sp³-hybridized carbons (Fsp3) is 0.370. The number of anilines is 1. The van der Waals surface area contributed by atoms with Gasteiger partial charge < -0.3 is 30.9 Å². The Labute approximate surface area is 221 Å². The number of rotatable bonds is 3. The van der Waals surface area contributed by atoms with Crippen molar-refractivity contribution in [1.82, 2.24) is 9.88 Å². The highest BCUT2D eigenvalue weighted by molar-refractivity contribution is 6.10. The van der Waals surface area contributed by atoms with Gasteiger partial charge in [-0.3, -0.25) is 15.4 Å². The van der Waals surface area contributed by atoms with Crippen LogP contribution in [0.15, 0.2) is 41.3 Å². The van der Waals surface area contributed by atoms with Gasteiger partial charge in [-0.15, -0.1) is 0 Å². The van der Waals surface area contributed by atoms with Crippen LogP contribution in [0.1, 0.15) is 17.5 Å². The lowest BCUT2D eigenvalue weighted by Gasteiger charge is -2.47. The number of aromatic nitrogens is 1. The number of ether oxygens (including phenoxy) is 1. The monoisotopic (exact) mass is 539 g/mol. The first-order valence-electron chi connectivity index (χ1n) is 12.5. The van der Waals surface area contributed by atoms with E-state index in [1.807, 2.05) is 0 Å². The first kappa shape index (κ1) is 25.4. The highest BCUT2D eigenvalue weighted by Crippen LogP contribution is 2.57. The largest absolute Gasteiger partial charge is 0.510 e. The van der Waals surface area contributed by atoms with Crippen molar-refractivity contribution in [2.45, 2.75) is 36.7 Å². The number of aliphatic hydroxyl groups is 3. The molecule has 0 spiro atoms. The van der Waals surface area contributed by atoms with E-state index in [-0.39, 0.29) is 41.0 Å². The smallest absolute Gasteiger partial charge is 0.343 e. The number of aromatic hydroxyl groups is 1. The number of amides is 1. The van der Waals surface area contributed by atoms with E-state index in [2.05, 4.69) is 10.7 Å². The van der Waals surface area contributed by atoms with E-state index in [1.54, 1.807) is 25.1 Å². The van der Waals surface area contributed by atoms with Gasteiger partial charge in [-0.05, 0) is 56.6 Å². The Morgan fingerprint density at radius 1 is 1.28 bits per heavy atom. The van der Waals surface area contributed by atoms with E-state index in [0.717, 1.165) is 6.07 Å². The molecule has 1 aromatic heterocycles. The van der Waals surface area contributed by atoms with Gasteiger partial charge in [0.25, 0.3) is 0 Å². The number of likely N-dealkylation sites (N-methyl/N-ethyl adjacent to an activating group) is 1. The second-order valence-electron chi connectivity index (χ2n) is 10.9. The quantitative estimate of drug-likeness (QED) is 0.136. The SMILES string of the molecule is CN(C)C1C(O)=C(C([NH3+])=O)C2OC2C2(O)C(=O)C3=C(O)c4c(cc(-c5ccc(F)nc5)c(N)c4O)CC3CC12. The van der Waals surface area contributed by atoms with Crippen molar-refractivity contribution in [3.8, 4) is 16.9 Å². The molecule has 2 fully saturated rings. The number of carbonyl (C=O) groups excluding carboxylic acids is 2. The van der Waals surface area contributed by atoms with Gasteiger partial charge >= 0.3 is 5.91 Å². The van der Waals surface area contributed by atoms with Crippen LogP contribution in [0.4, 0.5) is 10.1 Å². The molecule has 6 unspecified atom stereocenters. The number of hydrogen-bond acceptors (Lipinski definition) is 10. The van der Waals surface area contributed by atoms with Gasteiger partial charge in [-0.1, -0.05) is 0 Å². The summed E-state index contributed by atoms with van der Waals surface area (Å²) in [6.45, 7) is 0. The highest BCUT2D eigenvalue weighted by atomic mass is 19.1. The summed E-state index contributed by atoms with van der Waals surface area (Å²) in [6.07, 6.45) is -0.502. The molecule has 1 aliphatic heterocycles. The second-order valence-corrected chi connectivity index (χ2v) is 10.9. The minimum Gasteiger partial charge on any atom is -0.510 e. The fourth-order valence-electron chi connectivity index (χ4n) is 6.78. The highest BCUT2D eigenvalue weighted by Gasteiger charge is 2.71. The van der Waals surface area contributed by atoms with Crippen LogP contribution in [0.5, 0.6) is 5.75 Å². The van der Waals surface area contributed by atoms with Gasteiger partial charge in [0, 0.05) is 28.8 Å². The minimum absolute atomic E-state index is 0.0198. The average molecular weight is 540 g/mol. The Morgan fingerprint density at radius 3 is 2.62 bits per heavy atom. The molecular formula is C27H28FN4O7+. The van der Waals surface area contributed by atoms with Crippen molar-refractivity contribution in [2.75, 3.05) is 19.8 Å². The summed E-state index contributed by atoms with van der Waals surface area (Å²) in [5.74, 6) is -4.88. The maximum absolute atomic E-state index is 14.1. The van der Waals surface area contributed by atoms with E-state index in [1.165, 1.54) is 12.3 Å². The molecule has 1 aromatic carbocycles. The third-order valence-corrected chi connectivity index (χ3v) is 8.54. The van der Waals surface area contributed by atoms with Crippen LogP contribution in [0, 0.1) is 17.8 Å². The maximum Gasteiger partial charge on any atom is 0.343 e. The zero-order valence-corrected chi connectivity index (χ0v) is 21.2. The molecule has 6 atom stereocenters. The Hall–Kier alpha value is -3.84. The molecule has 2 heterocycles. The first-order chi connectivity index (χ1) is 18.4. The van der Waals surface area contributed by atoms with Gasteiger partial charge in [-0.25, -0.2) is 9.78 Å². The lowest BCUT2D eigenvalue weighted by atomic mass is 9.60. The topological polar surface area (TPSA) is 197 Å². The number of phenols is 1. The number of epoxide rings is 1. The molecule has 1 saturated heterocycles. The lowest BCUT2D eigenvalue weighted by molar-refractivity contribution is -0.299. The molecule has 2 aromatic rings. The lowest BCUT2D eigenvalue weighted by Crippen LogP contribution is -2.62. The summed E-state index contributed by atoms with van der Waals surface area (Å²) in [5, 5.41) is 45.6. The van der Waals surface area contributed by atoms with Gasteiger partial charge in [0.1, 0.15) is 35.0 Å². The van der Waals surface area contributed by atoms with Crippen molar-refractivity contribution in [1.29, 1.82) is 0 Å². The molecule has 3 aliphatic carbocycles. The van der Waals surface area contributed by atoms with E-state index < -0.39 is 64.8 Å². The van der Waals surface area contributed by atoms with E-state index >= 15 is 0 Å². The molecule has 12 heteroatoms. The molecule has 0 radical (unpaired) electrons. The number of phenolic OH excluding ortho intramolecular Hbond substituents is 1. The number of hydrogen-bond donors (Lipinski definition) is 6. The van der Waals surface area contributed by atoms with Crippen LogP contribution in [-0.2, 0) is 20.7 Å². The summed E-state index contributed by atoms with van der Waals surface area (Å²) in [7, 11) is 3.33. The van der Waals surface area contributed by atoms with Crippen LogP contribution >= 0.6 is 0 Å². The summed E-state index contributed by atoms with van der Waals surface area (Å²) >= 11 is 0. The van der Waals surface area contributed by atoms with E-state index in [4.69, 9.17) is 10.5 Å². The number of ketones is 1. The number of nitrogens with zero attached hydrogens (tertiary/aromatic N) is 2. The summed E-state index contributed by atoms with van der Waals surface area (Å²) in [5.41, 5.74) is 8.51. The Kier molecular flexibility index (Phi) is 5.43. The molecule has 39 heavy (non-hydrogen) atoms. The number of nitrogens with two attached hydrogens (primary N) is 1. The van der Waals surface area contributed by atoms with Crippen molar-refractivity contribution in [3.05, 3.63) is 58.4 Å². The molecule has 4 aliphatic rings. The van der Waals surface area contributed by atoms with E-state index in [0.29, 0.717) is 16.7 Å². The Balaban J connectivity index is 1.51. The number of halogens is 1. The summed E-state index contributed by atoms with van der Waals surface area (Å²) < 4.78 is 19.0. The van der Waals surface area contributed by atoms with Crippen LogP contribution in [0.2, 0.25) is 0 Å². The minimum atomic E-state index is -2.16. The van der Waals surface area contributed by atoms with Crippen LogP contribution in [0.25, 0.3) is 16.9 Å². The molecular weight excluding hydrogens is 511 g/mol. The van der Waals surface area contributed by atoms with Crippen molar-refractivity contribution in [2.24, 2.45) is 11.8 Å². The van der Waals surface area contributed by atoms with Crippen molar-refractivity contribution in [3.63, 3.8) is 0 Å². The molecule has 6 rings (SSSR count). The molecule has 204 valence electrons. The van der Waals surface area contributed by atoms with E-state index in [9.17, 15) is 34.4 Å². The maximum atomic E-state index is 14.1. The average Bonchev–Trinajstić information content (AvgIpc) is 3.65. The van der Waals surface area contributed by atoms with Gasteiger partial charge in [-0.2, -0.15) is 4.39 Å². The number of pyridine rings is 1. The molecule has 9 N–H and O–H groups in total. The van der Waals surface area contributed by atoms with Crippen molar-refractivity contribution >= 4 is 23.1 Å². The first-order valence-corrected chi connectivity index (χ1v) is 12.5. The summed E-state index contributed by atoms with van der Waals surface area (Å²) in [6, 6.07) is 3.38. The predicted molar refractivity (Wildman–Crippen MR) is 134 cm³/mol. The number of benzene rings is 1. The Morgan fingerprint density at radius 2 is 2.00 bits per heavy atom. The number of Topliss-reactive ketones (excluding diaryl/α,β-unsaturated/α-hetero) is 1. The van der Waals surface area contributed by atoms with Crippen LogP contribution in [-0.4, -0.2) is 79.9 Å².